The molecule has 8 nitrogen and oxygen atoms in total. The van der Waals surface area contributed by atoms with Gasteiger partial charge in [-0.05, 0) is 31.2 Å². The van der Waals surface area contributed by atoms with Crippen LogP contribution in [0.2, 0.25) is 0 Å². The Kier molecular flexibility index (Phi) is 6.05. The van der Waals surface area contributed by atoms with E-state index in [9.17, 15) is 14.4 Å². The van der Waals surface area contributed by atoms with Gasteiger partial charge in [-0.2, -0.15) is 5.10 Å². The lowest BCUT2D eigenvalue weighted by Gasteiger charge is -2.11. The van der Waals surface area contributed by atoms with E-state index in [0.29, 0.717) is 17.1 Å². The van der Waals surface area contributed by atoms with E-state index < -0.39 is 5.91 Å². The Morgan fingerprint density at radius 2 is 1.68 bits per heavy atom. The lowest BCUT2D eigenvalue weighted by atomic mass is 10.2. The van der Waals surface area contributed by atoms with Crippen LogP contribution in [0, 0.1) is 0 Å². The molecule has 2 rings (SSSR count). The van der Waals surface area contributed by atoms with Crippen LogP contribution in [0.25, 0.3) is 0 Å². The quantitative estimate of drug-likeness (QED) is 0.552. The normalized spacial score (nSPS) is 10.9. The van der Waals surface area contributed by atoms with Crippen LogP contribution in [0.15, 0.2) is 52.2 Å². The lowest BCUT2D eigenvalue weighted by Crippen LogP contribution is -2.21. The first-order valence-corrected chi connectivity index (χ1v) is 7.49. The first-order valence-electron chi connectivity index (χ1n) is 7.49. The molecule has 2 aromatic rings. The van der Waals surface area contributed by atoms with E-state index in [-0.39, 0.29) is 24.0 Å². The van der Waals surface area contributed by atoms with Crippen molar-refractivity contribution < 1.29 is 18.8 Å². The summed E-state index contributed by atoms with van der Waals surface area (Å²) in [5.41, 5.74) is 3.71. The Morgan fingerprint density at radius 3 is 2.28 bits per heavy atom. The molecule has 0 aliphatic carbocycles. The molecule has 0 aliphatic rings. The first-order chi connectivity index (χ1) is 12.0. The van der Waals surface area contributed by atoms with Crippen LogP contribution >= 0.6 is 0 Å². The largest absolute Gasteiger partial charge is 0.459 e. The minimum atomic E-state index is -0.499. The molecule has 1 heterocycles. The monoisotopic (exact) mass is 342 g/mol. The Labute approximate surface area is 144 Å². The summed E-state index contributed by atoms with van der Waals surface area (Å²) in [7, 11) is 0. The number of benzene rings is 1. The molecule has 25 heavy (non-hydrogen) atoms. The molecule has 130 valence electrons. The zero-order valence-electron chi connectivity index (χ0n) is 13.8. The van der Waals surface area contributed by atoms with E-state index >= 15 is 0 Å². The Morgan fingerprint density at radius 1 is 1.00 bits per heavy atom. The van der Waals surface area contributed by atoms with Gasteiger partial charge in [0.1, 0.15) is 0 Å². The summed E-state index contributed by atoms with van der Waals surface area (Å²) in [6.45, 7) is 3.00. The number of hydrogen-bond donors (Lipinski definition) is 3. The van der Waals surface area contributed by atoms with Crippen molar-refractivity contribution in [1.82, 2.24) is 5.43 Å². The summed E-state index contributed by atoms with van der Waals surface area (Å²) >= 11 is 0. The van der Waals surface area contributed by atoms with Gasteiger partial charge in [-0.15, -0.1) is 0 Å². The van der Waals surface area contributed by atoms with Crippen LogP contribution in [0.4, 0.5) is 11.4 Å². The van der Waals surface area contributed by atoms with Gasteiger partial charge >= 0.3 is 5.91 Å². The van der Waals surface area contributed by atoms with E-state index in [1.165, 1.54) is 19.3 Å². The molecule has 0 radical (unpaired) electrons. The third-order valence-corrected chi connectivity index (χ3v) is 3.02. The van der Waals surface area contributed by atoms with E-state index in [4.69, 9.17) is 4.42 Å². The van der Waals surface area contributed by atoms with Gasteiger partial charge in [-0.1, -0.05) is 12.1 Å². The standard InChI is InChI=1S/C17H18N4O4/c1-11(20-21-17(24)15-8-5-9-25-15)10-16(23)19-14-7-4-3-6-13(14)18-12(2)22/h3-9H,10H2,1-2H3,(H,18,22)(H,19,23)(H,21,24)/b20-11+. The second-order valence-corrected chi connectivity index (χ2v) is 5.22. The molecule has 3 N–H and O–H groups in total. The number of carbonyl (C=O) groups is 3. The Balaban J connectivity index is 1.92. The summed E-state index contributed by atoms with van der Waals surface area (Å²) in [5.74, 6) is -0.933. The topological polar surface area (TPSA) is 113 Å². The molecule has 0 fully saturated rings. The van der Waals surface area contributed by atoms with Crippen molar-refractivity contribution in [3.8, 4) is 0 Å². The van der Waals surface area contributed by atoms with Crippen LogP contribution in [-0.2, 0) is 9.59 Å². The number of rotatable bonds is 6. The van der Waals surface area contributed by atoms with Gasteiger partial charge in [0.05, 0.1) is 24.1 Å². The van der Waals surface area contributed by atoms with Gasteiger partial charge in [0.2, 0.25) is 11.8 Å². The van der Waals surface area contributed by atoms with Crippen molar-refractivity contribution in [1.29, 1.82) is 0 Å². The van der Waals surface area contributed by atoms with Gasteiger partial charge in [0.25, 0.3) is 0 Å². The van der Waals surface area contributed by atoms with Crippen LogP contribution in [0.1, 0.15) is 30.8 Å². The second kappa shape index (κ2) is 8.44. The zero-order valence-corrected chi connectivity index (χ0v) is 13.8. The average molecular weight is 342 g/mol. The Hall–Kier alpha value is -3.42. The molecule has 8 heteroatoms. The molecular formula is C17H18N4O4. The highest BCUT2D eigenvalue weighted by molar-refractivity contribution is 6.07. The van der Waals surface area contributed by atoms with E-state index in [0.717, 1.165) is 0 Å². The molecule has 1 aromatic heterocycles. The highest BCUT2D eigenvalue weighted by Crippen LogP contribution is 2.21. The highest BCUT2D eigenvalue weighted by atomic mass is 16.3. The molecule has 3 amide bonds. The third kappa shape index (κ3) is 5.61. The number of nitrogens with one attached hydrogen (secondary N) is 3. The van der Waals surface area contributed by atoms with Crippen molar-refractivity contribution >= 4 is 34.8 Å². The summed E-state index contributed by atoms with van der Waals surface area (Å²) < 4.78 is 4.94. The van der Waals surface area contributed by atoms with Crippen LogP contribution < -0.4 is 16.1 Å². The molecule has 0 saturated heterocycles. The number of nitrogens with zero attached hydrogens (tertiary/aromatic N) is 1. The number of carbonyl (C=O) groups excluding carboxylic acids is 3. The van der Waals surface area contributed by atoms with Crippen LogP contribution in [-0.4, -0.2) is 23.4 Å². The molecule has 0 aliphatic heterocycles. The lowest BCUT2D eigenvalue weighted by molar-refractivity contribution is -0.115. The van der Waals surface area contributed by atoms with Crippen molar-refractivity contribution in [2.45, 2.75) is 20.3 Å². The maximum Gasteiger partial charge on any atom is 0.307 e. The van der Waals surface area contributed by atoms with Gasteiger partial charge in [0.15, 0.2) is 5.76 Å². The minimum absolute atomic E-state index is 0.0210. The van der Waals surface area contributed by atoms with Crippen molar-refractivity contribution in [2.24, 2.45) is 5.10 Å². The third-order valence-electron chi connectivity index (χ3n) is 3.02. The summed E-state index contributed by atoms with van der Waals surface area (Å²) in [6, 6.07) is 9.94. The van der Waals surface area contributed by atoms with E-state index in [1.54, 1.807) is 37.3 Å². The fourth-order valence-electron chi connectivity index (χ4n) is 1.97. The van der Waals surface area contributed by atoms with Crippen molar-refractivity contribution in [3.05, 3.63) is 48.4 Å². The number of hydrazone groups is 1. The molecule has 0 bridgehead atoms. The number of para-hydroxylation sites is 2. The predicted molar refractivity (Wildman–Crippen MR) is 93.3 cm³/mol. The number of furan rings is 1. The van der Waals surface area contributed by atoms with Gasteiger partial charge in [-0.25, -0.2) is 5.43 Å². The first kappa shape index (κ1) is 17.9. The number of amides is 3. The Bertz CT molecular complexity index is 797. The fraction of sp³-hybridized carbons (Fsp3) is 0.176. The van der Waals surface area contributed by atoms with Crippen molar-refractivity contribution in [3.63, 3.8) is 0 Å². The summed E-state index contributed by atoms with van der Waals surface area (Å²) in [6.07, 6.45) is 1.36. The average Bonchev–Trinajstić information content (AvgIpc) is 3.08. The number of hydrogen-bond acceptors (Lipinski definition) is 5. The molecular weight excluding hydrogens is 324 g/mol. The zero-order chi connectivity index (χ0) is 18.2. The molecule has 0 atom stereocenters. The van der Waals surface area contributed by atoms with Gasteiger partial charge in [-0.3, -0.25) is 14.4 Å². The van der Waals surface area contributed by atoms with E-state index in [1.807, 2.05) is 0 Å². The molecule has 1 aromatic carbocycles. The second-order valence-electron chi connectivity index (χ2n) is 5.22. The van der Waals surface area contributed by atoms with Gasteiger partial charge in [0, 0.05) is 12.6 Å². The SMILES string of the molecule is CC(=O)Nc1ccccc1NC(=O)C/C(C)=N/NC(=O)c1ccco1. The minimum Gasteiger partial charge on any atom is -0.459 e. The van der Waals surface area contributed by atoms with Crippen LogP contribution in [0.5, 0.6) is 0 Å². The maximum absolute atomic E-state index is 12.1. The smallest absolute Gasteiger partial charge is 0.307 e. The summed E-state index contributed by atoms with van der Waals surface area (Å²) in [4.78, 5) is 35.0. The van der Waals surface area contributed by atoms with Gasteiger partial charge < -0.3 is 15.1 Å². The van der Waals surface area contributed by atoms with Crippen LogP contribution in [0.3, 0.4) is 0 Å². The molecule has 0 spiro atoms. The highest BCUT2D eigenvalue weighted by Gasteiger charge is 2.10. The molecule has 0 saturated carbocycles. The molecule has 0 unspecified atom stereocenters. The summed E-state index contributed by atoms with van der Waals surface area (Å²) in [5, 5.41) is 9.19. The maximum atomic E-state index is 12.1. The predicted octanol–water partition coefficient (Wildman–Crippen LogP) is 2.37. The number of anilines is 2. The van der Waals surface area contributed by atoms with E-state index in [2.05, 4.69) is 21.2 Å². The fourth-order valence-corrected chi connectivity index (χ4v) is 1.97. The van der Waals surface area contributed by atoms with Crippen molar-refractivity contribution in [2.75, 3.05) is 10.6 Å².